The highest BCUT2D eigenvalue weighted by atomic mass is 32.2. The third-order valence-electron chi connectivity index (χ3n) is 2.54. The van der Waals surface area contributed by atoms with E-state index in [0.29, 0.717) is 10.6 Å². The van der Waals surface area contributed by atoms with Gasteiger partial charge in [0.25, 0.3) is 0 Å². The Balaban J connectivity index is 2.50. The quantitative estimate of drug-likeness (QED) is 0.865. The number of nitrogens with zero attached hydrogens (tertiary/aromatic N) is 1. The van der Waals surface area contributed by atoms with Gasteiger partial charge in [0.15, 0.2) is 0 Å². The second-order valence-electron chi connectivity index (χ2n) is 3.67. The molecule has 2 aromatic rings. The van der Waals surface area contributed by atoms with Crippen molar-refractivity contribution in [3.63, 3.8) is 0 Å². The first kappa shape index (κ1) is 13.2. The summed E-state index contributed by atoms with van der Waals surface area (Å²) < 4.78 is 30.9. The Labute approximate surface area is 112 Å². The van der Waals surface area contributed by atoms with E-state index < -0.39 is 16.6 Å². The molecule has 96 valence electrons. The molecule has 0 spiro atoms. The summed E-state index contributed by atoms with van der Waals surface area (Å²) >= 11 is 0. The largest absolute Gasteiger partial charge is 0.497 e. The monoisotopic (exact) mass is 275 g/mol. The summed E-state index contributed by atoms with van der Waals surface area (Å²) in [7, 11) is -0.118. The van der Waals surface area contributed by atoms with E-state index in [1.807, 2.05) is 0 Å². The van der Waals surface area contributed by atoms with E-state index in [-0.39, 0.29) is 10.5 Å². The molecule has 0 amide bonds. The Hall–Kier alpha value is -2.19. The minimum atomic E-state index is -1.62. The zero-order valence-corrected chi connectivity index (χ0v) is 10.9. The molecule has 0 aliphatic carbocycles. The summed E-state index contributed by atoms with van der Waals surface area (Å²) in [5, 5.41) is 8.95. The number of hydrogen-bond donors (Lipinski definition) is 0. The van der Waals surface area contributed by atoms with Gasteiger partial charge in [-0.15, -0.1) is 0 Å². The number of ether oxygens (including phenoxy) is 1. The maximum atomic E-state index is 13.5. The fraction of sp³-hybridized carbons (Fsp3) is 0.0714. The minimum Gasteiger partial charge on any atom is -0.497 e. The molecule has 0 bridgehead atoms. The molecule has 0 unspecified atom stereocenters. The van der Waals surface area contributed by atoms with Gasteiger partial charge in [-0.25, -0.2) is 8.60 Å². The normalized spacial score (nSPS) is 11.6. The summed E-state index contributed by atoms with van der Waals surface area (Å²) in [6, 6.07) is 12.5. The second kappa shape index (κ2) is 5.63. The van der Waals surface area contributed by atoms with E-state index in [4.69, 9.17) is 10.00 Å². The third kappa shape index (κ3) is 2.64. The van der Waals surface area contributed by atoms with Gasteiger partial charge in [-0.1, -0.05) is 12.1 Å². The smallest absolute Gasteiger partial charge is 0.142 e. The van der Waals surface area contributed by atoms with Crippen molar-refractivity contribution in [2.24, 2.45) is 0 Å². The molecular formula is C14H10FNO2S. The van der Waals surface area contributed by atoms with Gasteiger partial charge in [-0.2, -0.15) is 5.26 Å². The maximum Gasteiger partial charge on any atom is 0.142 e. The van der Waals surface area contributed by atoms with Crippen LogP contribution in [0.2, 0.25) is 0 Å². The molecule has 0 radical (unpaired) electrons. The molecule has 3 nitrogen and oxygen atoms in total. The van der Waals surface area contributed by atoms with Gasteiger partial charge >= 0.3 is 0 Å². The first-order valence-corrected chi connectivity index (χ1v) is 6.57. The molecule has 5 heteroatoms. The zero-order valence-electron chi connectivity index (χ0n) is 10.1. The van der Waals surface area contributed by atoms with Crippen LogP contribution in [0.25, 0.3) is 0 Å². The average Bonchev–Trinajstić information content (AvgIpc) is 2.46. The highest BCUT2D eigenvalue weighted by Gasteiger charge is 2.15. The lowest BCUT2D eigenvalue weighted by atomic mass is 10.2. The molecule has 2 aromatic carbocycles. The number of rotatable bonds is 3. The second-order valence-corrected chi connectivity index (χ2v) is 5.12. The number of methoxy groups -OCH3 is 1. The van der Waals surface area contributed by atoms with Crippen molar-refractivity contribution < 1.29 is 13.3 Å². The summed E-state index contributed by atoms with van der Waals surface area (Å²) in [6.07, 6.45) is 0. The molecule has 0 fully saturated rings. The van der Waals surface area contributed by atoms with Crippen molar-refractivity contribution in [3.05, 3.63) is 53.8 Å². The van der Waals surface area contributed by atoms with Crippen LogP contribution in [0.15, 0.2) is 52.3 Å². The predicted octanol–water partition coefficient (Wildman–Crippen LogP) is 2.87. The SMILES string of the molecule is COc1cccc([S@](=O)c2cccc(F)c2C#N)c1. The third-order valence-corrected chi connectivity index (χ3v) is 3.96. The lowest BCUT2D eigenvalue weighted by Crippen LogP contribution is -1.99. The molecule has 2 rings (SSSR count). The average molecular weight is 275 g/mol. The molecule has 0 saturated carbocycles. The standard InChI is InChI=1S/C14H10FNO2S/c1-18-10-4-2-5-11(8-10)19(17)14-7-3-6-13(15)12(14)9-16/h2-8H,1H3/t19-/m0/s1. The molecule has 0 N–H and O–H groups in total. The summed E-state index contributed by atoms with van der Waals surface area (Å²) in [5.41, 5.74) is -0.191. The molecule has 0 saturated heterocycles. The first-order chi connectivity index (χ1) is 9.17. The van der Waals surface area contributed by atoms with Gasteiger partial charge in [0.1, 0.15) is 23.2 Å². The van der Waals surface area contributed by atoms with Crippen LogP contribution in [0.3, 0.4) is 0 Å². The Morgan fingerprint density at radius 1 is 1.26 bits per heavy atom. The fourth-order valence-electron chi connectivity index (χ4n) is 1.61. The van der Waals surface area contributed by atoms with Gasteiger partial charge in [0, 0.05) is 4.90 Å². The Morgan fingerprint density at radius 3 is 2.68 bits per heavy atom. The molecular weight excluding hydrogens is 265 g/mol. The Morgan fingerprint density at radius 2 is 2.00 bits per heavy atom. The van der Waals surface area contributed by atoms with Crippen LogP contribution in [0, 0.1) is 17.1 Å². The molecule has 0 heterocycles. The highest BCUT2D eigenvalue weighted by Crippen LogP contribution is 2.24. The number of nitriles is 1. The first-order valence-electron chi connectivity index (χ1n) is 5.42. The topological polar surface area (TPSA) is 50.1 Å². The van der Waals surface area contributed by atoms with Crippen molar-refractivity contribution in [1.82, 2.24) is 0 Å². The van der Waals surface area contributed by atoms with E-state index in [1.165, 1.54) is 25.3 Å². The number of halogens is 1. The molecule has 1 atom stereocenters. The van der Waals surface area contributed by atoms with Gasteiger partial charge in [0.2, 0.25) is 0 Å². The highest BCUT2D eigenvalue weighted by molar-refractivity contribution is 7.85. The van der Waals surface area contributed by atoms with Gasteiger partial charge in [-0.3, -0.25) is 0 Å². The maximum absolute atomic E-state index is 13.5. The van der Waals surface area contributed by atoms with E-state index >= 15 is 0 Å². The van der Waals surface area contributed by atoms with Gasteiger partial charge in [-0.05, 0) is 30.3 Å². The van der Waals surface area contributed by atoms with Gasteiger partial charge < -0.3 is 4.74 Å². The van der Waals surface area contributed by atoms with Crippen LogP contribution in [0.4, 0.5) is 4.39 Å². The van der Waals surface area contributed by atoms with E-state index in [9.17, 15) is 8.60 Å². The van der Waals surface area contributed by atoms with Crippen molar-refractivity contribution in [3.8, 4) is 11.8 Å². The number of hydrogen-bond acceptors (Lipinski definition) is 3. The van der Waals surface area contributed by atoms with Crippen LogP contribution in [0.1, 0.15) is 5.56 Å². The predicted molar refractivity (Wildman–Crippen MR) is 68.8 cm³/mol. The van der Waals surface area contributed by atoms with Crippen LogP contribution < -0.4 is 4.74 Å². The fourth-order valence-corrected chi connectivity index (χ4v) is 2.82. The van der Waals surface area contributed by atoms with Gasteiger partial charge in [0.05, 0.1) is 22.8 Å². The summed E-state index contributed by atoms with van der Waals surface area (Å²) in [5.74, 6) is -0.114. The van der Waals surface area contributed by atoms with E-state index in [0.717, 1.165) is 0 Å². The van der Waals surface area contributed by atoms with Crippen molar-refractivity contribution in [2.75, 3.05) is 7.11 Å². The number of benzene rings is 2. The van der Waals surface area contributed by atoms with E-state index in [2.05, 4.69) is 0 Å². The van der Waals surface area contributed by atoms with Crippen molar-refractivity contribution >= 4 is 10.8 Å². The lowest BCUT2D eigenvalue weighted by molar-refractivity contribution is 0.413. The summed E-state index contributed by atoms with van der Waals surface area (Å²) in [6.45, 7) is 0. The Kier molecular flexibility index (Phi) is 3.93. The molecule has 0 aliphatic rings. The molecule has 0 aliphatic heterocycles. The summed E-state index contributed by atoms with van der Waals surface area (Å²) in [4.78, 5) is 0.622. The Bertz CT molecular complexity index is 679. The van der Waals surface area contributed by atoms with Crippen LogP contribution >= 0.6 is 0 Å². The molecule has 0 aromatic heterocycles. The lowest BCUT2D eigenvalue weighted by Gasteiger charge is -2.06. The zero-order chi connectivity index (χ0) is 13.8. The molecule has 19 heavy (non-hydrogen) atoms. The van der Waals surface area contributed by atoms with Crippen LogP contribution in [-0.4, -0.2) is 11.3 Å². The van der Waals surface area contributed by atoms with E-state index in [1.54, 1.807) is 30.3 Å². The van der Waals surface area contributed by atoms with Crippen molar-refractivity contribution in [1.29, 1.82) is 5.26 Å². The van der Waals surface area contributed by atoms with Crippen LogP contribution in [-0.2, 0) is 10.8 Å². The van der Waals surface area contributed by atoms with Crippen molar-refractivity contribution in [2.45, 2.75) is 9.79 Å². The minimum absolute atomic E-state index is 0.163. The van der Waals surface area contributed by atoms with Crippen LogP contribution in [0.5, 0.6) is 5.75 Å².